The number of hydrogen-bond acceptors (Lipinski definition) is 5. The number of likely N-dealkylation sites (tertiary alicyclic amines) is 1. The van der Waals surface area contributed by atoms with Crippen LogP contribution in [0, 0.1) is 0 Å². The number of rotatable bonds is 9. The molecular weight excluding hydrogens is 384 g/mol. The van der Waals surface area contributed by atoms with Crippen molar-refractivity contribution in [1.29, 1.82) is 0 Å². The van der Waals surface area contributed by atoms with Crippen LogP contribution in [0.1, 0.15) is 35.5 Å². The smallest absolute Gasteiger partial charge is 0.191 e. The molecule has 1 saturated heterocycles. The predicted molar refractivity (Wildman–Crippen MR) is 118 cm³/mol. The fraction of sp³-hybridized carbons (Fsp3) is 0.455. The van der Waals surface area contributed by atoms with Crippen molar-refractivity contribution in [3.05, 3.63) is 64.1 Å². The van der Waals surface area contributed by atoms with Crippen LogP contribution >= 0.6 is 23.1 Å². The molecule has 1 aliphatic rings. The van der Waals surface area contributed by atoms with E-state index in [-0.39, 0.29) is 0 Å². The Morgan fingerprint density at radius 2 is 1.79 bits per heavy atom. The number of aryl methyl sites for hydroxylation is 1. The van der Waals surface area contributed by atoms with E-state index in [9.17, 15) is 0 Å². The van der Waals surface area contributed by atoms with Crippen LogP contribution in [0.15, 0.2) is 53.0 Å². The first-order valence-electron chi connectivity index (χ1n) is 10.2. The number of piperidine rings is 1. The van der Waals surface area contributed by atoms with E-state index in [2.05, 4.69) is 67.5 Å². The summed E-state index contributed by atoms with van der Waals surface area (Å²) in [5.41, 5.74) is 1.36. The van der Waals surface area contributed by atoms with Crippen molar-refractivity contribution in [1.82, 2.24) is 19.7 Å². The maximum atomic E-state index is 4.55. The summed E-state index contributed by atoms with van der Waals surface area (Å²) < 4.78 is 2.34. The number of thiophene rings is 1. The van der Waals surface area contributed by atoms with Gasteiger partial charge in [-0.15, -0.1) is 21.5 Å². The van der Waals surface area contributed by atoms with Gasteiger partial charge in [-0.3, -0.25) is 0 Å². The molecule has 0 saturated carbocycles. The van der Waals surface area contributed by atoms with Crippen molar-refractivity contribution in [2.45, 2.75) is 43.8 Å². The van der Waals surface area contributed by atoms with Crippen molar-refractivity contribution >= 4 is 23.1 Å². The summed E-state index contributed by atoms with van der Waals surface area (Å²) in [7, 11) is 0. The highest BCUT2D eigenvalue weighted by Crippen LogP contribution is 2.22. The summed E-state index contributed by atoms with van der Waals surface area (Å²) in [5, 5.41) is 12.3. The minimum Gasteiger partial charge on any atom is -0.305 e. The second kappa shape index (κ2) is 10.2. The zero-order valence-corrected chi connectivity index (χ0v) is 17.9. The molecule has 0 unspecified atom stereocenters. The third kappa shape index (κ3) is 5.46. The van der Waals surface area contributed by atoms with Gasteiger partial charge in [0.1, 0.15) is 5.82 Å². The third-order valence-corrected chi connectivity index (χ3v) is 7.08. The van der Waals surface area contributed by atoms with Gasteiger partial charge in [0.15, 0.2) is 5.16 Å². The average molecular weight is 413 g/mol. The van der Waals surface area contributed by atoms with Gasteiger partial charge < -0.3 is 9.47 Å². The summed E-state index contributed by atoms with van der Waals surface area (Å²) in [6, 6.07) is 15.0. The summed E-state index contributed by atoms with van der Waals surface area (Å²) in [5.74, 6) is 2.17. The van der Waals surface area contributed by atoms with Gasteiger partial charge in [-0.1, -0.05) is 54.6 Å². The first-order valence-corrected chi connectivity index (χ1v) is 12.1. The normalized spacial score (nSPS) is 15.1. The molecule has 0 aliphatic carbocycles. The Balaban J connectivity index is 1.42. The lowest BCUT2D eigenvalue weighted by Gasteiger charge is -2.25. The second-order valence-electron chi connectivity index (χ2n) is 7.29. The lowest BCUT2D eigenvalue weighted by Crippen LogP contribution is -2.31. The van der Waals surface area contributed by atoms with E-state index in [1.807, 2.05) is 11.8 Å². The first-order chi connectivity index (χ1) is 13.9. The van der Waals surface area contributed by atoms with Crippen LogP contribution in [0.25, 0.3) is 0 Å². The molecule has 0 amide bonds. The fourth-order valence-electron chi connectivity index (χ4n) is 3.68. The molecule has 2 aromatic heterocycles. The number of aromatic nitrogens is 3. The zero-order chi connectivity index (χ0) is 19.0. The standard InChI is InChI=1S/C22H28N4S2/c1-3-8-19(9-4-1)11-14-26-21(18-20-10-7-16-27-20)23-24-22(26)28-17-15-25-12-5-2-6-13-25/h1,3-4,7-10,16H,2,5-6,11-15,17-18H2. The van der Waals surface area contributed by atoms with Crippen molar-refractivity contribution in [2.75, 3.05) is 25.4 Å². The van der Waals surface area contributed by atoms with Crippen LogP contribution < -0.4 is 0 Å². The lowest BCUT2D eigenvalue weighted by molar-refractivity contribution is 0.242. The maximum absolute atomic E-state index is 4.55. The third-order valence-electron chi connectivity index (χ3n) is 5.26. The molecular formula is C22H28N4S2. The summed E-state index contributed by atoms with van der Waals surface area (Å²) in [4.78, 5) is 3.94. The molecule has 3 aromatic rings. The molecule has 1 aliphatic heterocycles. The van der Waals surface area contributed by atoms with Crippen molar-refractivity contribution in [3.63, 3.8) is 0 Å². The van der Waals surface area contributed by atoms with Gasteiger partial charge in [0.05, 0.1) is 0 Å². The van der Waals surface area contributed by atoms with Gasteiger partial charge >= 0.3 is 0 Å². The minimum atomic E-state index is 0.867. The Morgan fingerprint density at radius 1 is 0.929 bits per heavy atom. The molecule has 0 N–H and O–H groups in total. The highest BCUT2D eigenvalue weighted by Gasteiger charge is 2.15. The summed E-state index contributed by atoms with van der Waals surface area (Å²) in [6.45, 7) is 4.59. The number of hydrogen-bond donors (Lipinski definition) is 0. The highest BCUT2D eigenvalue weighted by atomic mass is 32.2. The van der Waals surface area contributed by atoms with Crippen LogP contribution in [-0.2, 0) is 19.4 Å². The van der Waals surface area contributed by atoms with E-state index in [0.29, 0.717) is 0 Å². The van der Waals surface area contributed by atoms with Gasteiger partial charge in [0, 0.05) is 30.1 Å². The van der Waals surface area contributed by atoms with Crippen molar-refractivity contribution in [3.8, 4) is 0 Å². The monoisotopic (exact) mass is 412 g/mol. The Labute approximate surface area is 176 Å². The van der Waals surface area contributed by atoms with Gasteiger partial charge in [0.2, 0.25) is 0 Å². The van der Waals surface area contributed by atoms with Crippen LogP contribution in [0.4, 0.5) is 0 Å². The van der Waals surface area contributed by atoms with E-state index in [4.69, 9.17) is 0 Å². The Bertz CT molecular complexity index is 824. The topological polar surface area (TPSA) is 34.0 Å². The minimum absolute atomic E-state index is 0.867. The molecule has 3 heterocycles. The van der Waals surface area contributed by atoms with Gasteiger partial charge in [-0.2, -0.15) is 0 Å². The predicted octanol–water partition coefficient (Wildman–Crippen LogP) is 4.75. The Kier molecular flexibility index (Phi) is 7.19. The number of thioether (sulfide) groups is 1. The largest absolute Gasteiger partial charge is 0.305 e. The van der Waals surface area contributed by atoms with Gasteiger partial charge in [-0.05, 0) is 49.4 Å². The molecule has 0 radical (unpaired) electrons. The summed E-state index contributed by atoms with van der Waals surface area (Å²) >= 11 is 3.65. The van der Waals surface area contributed by atoms with Crippen molar-refractivity contribution < 1.29 is 0 Å². The van der Waals surface area contributed by atoms with Gasteiger partial charge in [0.25, 0.3) is 0 Å². The van der Waals surface area contributed by atoms with Crippen LogP contribution in [0.2, 0.25) is 0 Å². The van der Waals surface area contributed by atoms with Crippen LogP contribution in [-0.4, -0.2) is 45.1 Å². The maximum Gasteiger partial charge on any atom is 0.191 e. The Hall–Kier alpha value is -1.63. The molecule has 1 fully saturated rings. The first kappa shape index (κ1) is 19.7. The van der Waals surface area contributed by atoms with Crippen LogP contribution in [0.3, 0.4) is 0 Å². The second-order valence-corrected chi connectivity index (χ2v) is 9.39. The van der Waals surface area contributed by atoms with E-state index in [0.717, 1.165) is 42.7 Å². The molecule has 6 heteroatoms. The van der Waals surface area contributed by atoms with E-state index in [1.165, 1.54) is 42.8 Å². The molecule has 148 valence electrons. The van der Waals surface area contributed by atoms with Crippen LogP contribution in [0.5, 0.6) is 0 Å². The quantitative estimate of drug-likeness (QED) is 0.475. The fourth-order valence-corrected chi connectivity index (χ4v) is 5.37. The number of benzene rings is 1. The molecule has 4 nitrogen and oxygen atoms in total. The molecule has 4 rings (SSSR count). The molecule has 28 heavy (non-hydrogen) atoms. The van der Waals surface area contributed by atoms with E-state index < -0.39 is 0 Å². The number of nitrogens with zero attached hydrogens (tertiary/aromatic N) is 4. The van der Waals surface area contributed by atoms with E-state index >= 15 is 0 Å². The molecule has 0 spiro atoms. The Morgan fingerprint density at radius 3 is 2.57 bits per heavy atom. The zero-order valence-electron chi connectivity index (χ0n) is 16.3. The lowest BCUT2D eigenvalue weighted by atomic mass is 10.1. The molecule has 1 aromatic carbocycles. The summed E-state index contributed by atoms with van der Waals surface area (Å²) in [6.07, 6.45) is 5.97. The highest BCUT2D eigenvalue weighted by molar-refractivity contribution is 7.99. The molecule has 0 bridgehead atoms. The van der Waals surface area contributed by atoms with E-state index in [1.54, 1.807) is 11.3 Å². The average Bonchev–Trinajstić information content (AvgIpc) is 3.39. The SMILES string of the molecule is c1ccc(CCn2c(Cc3cccs3)nnc2SCCN2CCCCC2)cc1. The van der Waals surface area contributed by atoms with Gasteiger partial charge in [-0.25, -0.2) is 0 Å². The molecule has 0 atom stereocenters. The van der Waals surface area contributed by atoms with Crippen molar-refractivity contribution in [2.24, 2.45) is 0 Å².